The van der Waals surface area contributed by atoms with Crippen LogP contribution in [-0.2, 0) is 0 Å². The van der Waals surface area contributed by atoms with Gasteiger partial charge in [0.2, 0.25) is 0 Å². The molecule has 1 fully saturated rings. The zero-order valence-corrected chi connectivity index (χ0v) is 11.9. The third kappa shape index (κ3) is 1.99. The molecule has 16 heavy (non-hydrogen) atoms. The van der Waals surface area contributed by atoms with Crippen LogP contribution in [0, 0.1) is 52.3 Å². The van der Waals surface area contributed by atoms with Crippen LogP contribution >= 0.6 is 0 Å². The van der Waals surface area contributed by atoms with Gasteiger partial charge in [-0.15, -0.1) is 0 Å². The summed E-state index contributed by atoms with van der Waals surface area (Å²) in [5.74, 6) is 4.05. The average Bonchev–Trinajstić information content (AvgIpc) is 2.23. The minimum Gasteiger partial charge on any atom is -0.198 e. The van der Waals surface area contributed by atoms with Crippen LogP contribution in [0.1, 0.15) is 48.5 Å². The first-order valence-corrected chi connectivity index (χ1v) is 6.65. The van der Waals surface area contributed by atoms with E-state index in [4.69, 9.17) is 0 Å². The van der Waals surface area contributed by atoms with Gasteiger partial charge < -0.3 is 0 Å². The van der Waals surface area contributed by atoms with Crippen molar-refractivity contribution in [3.63, 3.8) is 0 Å². The lowest BCUT2D eigenvalue weighted by Crippen LogP contribution is -2.46. The molecular weight excluding hydrogens is 194 g/mol. The molecule has 0 amide bonds. The first-order valence-electron chi connectivity index (χ1n) is 6.65. The Bertz CT molecular complexity index is 270. The molecule has 4 unspecified atom stereocenters. The molecule has 0 N–H and O–H groups in total. The van der Waals surface area contributed by atoms with Gasteiger partial charge in [0, 0.05) is 0 Å². The highest BCUT2D eigenvalue weighted by molar-refractivity contribution is 5.04. The summed E-state index contributed by atoms with van der Waals surface area (Å²) in [7, 11) is 0. The van der Waals surface area contributed by atoms with Crippen molar-refractivity contribution in [2.75, 3.05) is 0 Å². The largest absolute Gasteiger partial charge is 0.198 e. The van der Waals surface area contributed by atoms with Crippen molar-refractivity contribution in [3.8, 4) is 6.07 Å². The maximum absolute atomic E-state index is 9.37. The van der Waals surface area contributed by atoms with Gasteiger partial charge in [0.25, 0.3) is 0 Å². The molecule has 0 aromatic carbocycles. The lowest BCUT2D eigenvalue weighted by Gasteiger charge is -2.51. The molecular formula is C15H27N. The van der Waals surface area contributed by atoms with E-state index < -0.39 is 0 Å². The van der Waals surface area contributed by atoms with Gasteiger partial charge in [-0.25, -0.2) is 0 Å². The fourth-order valence-electron chi connectivity index (χ4n) is 3.96. The van der Waals surface area contributed by atoms with E-state index in [0.29, 0.717) is 17.8 Å². The molecule has 0 spiro atoms. The summed E-state index contributed by atoms with van der Waals surface area (Å²) in [6, 6.07) is 2.53. The molecule has 1 aliphatic carbocycles. The number of nitrogens with zero attached hydrogens (tertiary/aromatic N) is 1. The molecule has 0 aliphatic heterocycles. The molecule has 1 nitrogen and oxygen atoms in total. The quantitative estimate of drug-likeness (QED) is 0.646. The highest BCUT2D eigenvalue weighted by Gasteiger charge is 2.47. The standard InChI is InChI=1S/C15H27N/c1-9-10(2)12(4)14(13(5)11(9)3)15(6,7)8-16/h9-14H,1-7H3. The van der Waals surface area contributed by atoms with E-state index in [-0.39, 0.29) is 5.41 Å². The number of hydrogen-bond acceptors (Lipinski definition) is 1. The molecule has 1 rings (SSSR count). The van der Waals surface area contributed by atoms with Crippen molar-refractivity contribution in [2.45, 2.75) is 48.5 Å². The fraction of sp³-hybridized carbons (Fsp3) is 0.933. The Balaban J connectivity index is 3.06. The molecule has 4 atom stereocenters. The third-order valence-corrected chi connectivity index (χ3v) is 5.57. The SMILES string of the molecule is CC1C(C)C(C)C(C(C)(C)C#N)C(C)C1C. The third-order valence-electron chi connectivity index (χ3n) is 5.57. The molecule has 0 saturated heterocycles. The van der Waals surface area contributed by atoms with E-state index in [2.05, 4.69) is 54.5 Å². The van der Waals surface area contributed by atoms with Crippen molar-refractivity contribution >= 4 is 0 Å². The second-order valence-electron chi connectivity index (χ2n) is 6.65. The van der Waals surface area contributed by atoms with Crippen molar-refractivity contribution in [1.82, 2.24) is 0 Å². The minimum absolute atomic E-state index is 0.193. The van der Waals surface area contributed by atoms with Gasteiger partial charge in [0.1, 0.15) is 0 Å². The lowest BCUT2D eigenvalue weighted by atomic mass is 9.53. The fourth-order valence-corrected chi connectivity index (χ4v) is 3.96. The smallest absolute Gasteiger partial charge is 0.0687 e. The Hall–Kier alpha value is -0.510. The van der Waals surface area contributed by atoms with Crippen LogP contribution < -0.4 is 0 Å². The van der Waals surface area contributed by atoms with Gasteiger partial charge in [-0.2, -0.15) is 5.26 Å². The van der Waals surface area contributed by atoms with Gasteiger partial charge in [0.05, 0.1) is 11.5 Å². The van der Waals surface area contributed by atoms with Crippen molar-refractivity contribution < 1.29 is 0 Å². The van der Waals surface area contributed by atoms with E-state index in [0.717, 1.165) is 17.8 Å². The Morgan fingerprint density at radius 3 is 1.38 bits per heavy atom. The van der Waals surface area contributed by atoms with Crippen LogP contribution in [0.4, 0.5) is 0 Å². The number of rotatable bonds is 1. The van der Waals surface area contributed by atoms with Crippen LogP contribution in [0.2, 0.25) is 0 Å². The van der Waals surface area contributed by atoms with Gasteiger partial charge in [-0.1, -0.05) is 34.6 Å². The van der Waals surface area contributed by atoms with Crippen molar-refractivity contribution in [3.05, 3.63) is 0 Å². The normalized spacial score (nSPS) is 45.1. The Kier molecular flexibility index (Phi) is 3.72. The summed E-state index contributed by atoms with van der Waals surface area (Å²) in [5.41, 5.74) is -0.193. The maximum Gasteiger partial charge on any atom is 0.0687 e. The summed E-state index contributed by atoms with van der Waals surface area (Å²) in [5, 5.41) is 9.37. The summed E-state index contributed by atoms with van der Waals surface area (Å²) in [6.07, 6.45) is 0. The van der Waals surface area contributed by atoms with Crippen LogP contribution in [0.5, 0.6) is 0 Å². The molecule has 1 heteroatoms. The van der Waals surface area contributed by atoms with E-state index in [9.17, 15) is 5.26 Å². The maximum atomic E-state index is 9.37. The predicted octanol–water partition coefficient (Wildman–Crippen LogP) is 4.35. The first-order chi connectivity index (χ1) is 7.24. The monoisotopic (exact) mass is 221 g/mol. The molecule has 92 valence electrons. The van der Waals surface area contributed by atoms with Gasteiger partial charge >= 0.3 is 0 Å². The van der Waals surface area contributed by atoms with Crippen molar-refractivity contribution in [2.24, 2.45) is 40.9 Å². The van der Waals surface area contributed by atoms with Gasteiger partial charge in [0.15, 0.2) is 0 Å². The van der Waals surface area contributed by atoms with Crippen LogP contribution in [-0.4, -0.2) is 0 Å². The van der Waals surface area contributed by atoms with E-state index in [1.807, 2.05) is 0 Å². The topological polar surface area (TPSA) is 23.8 Å². The molecule has 1 saturated carbocycles. The Labute approximate surface area is 101 Å². The van der Waals surface area contributed by atoms with Gasteiger partial charge in [-0.3, -0.25) is 0 Å². The van der Waals surface area contributed by atoms with Crippen LogP contribution in [0.3, 0.4) is 0 Å². The van der Waals surface area contributed by atoms with E-state index in [1.165, 1.54) is 0 Å². The molecule has 0 bridgehead atoms. The Morgan fingerprint density at radius 2 is 1.06 bits per heavy atom. The van der Waals surface area contributed by atoms with Crippen LogP contribution in [0.15, 0.2) is 0 Å². The molecule has 1 aliphatic rings. The number of hydrogen-bond donors (Lipinski definition) is 0. The summed E-state index contributed by atoms with van der Waals surface area (Å²) in [6.45, 7) is 16.0. The van der Waals surface area contributed by atoms with E-state index >= 15 is 0 Å². The molecule has 0 radical (unpaired) electrons. The summed E-state index contributed by atoms with van der Waals surface area (Å²) in [4.78, 5) is 0. The van der Waals surface area contributed by atoms with Gasteiger partial charge in [-0.05, 0) is 49.4 Å². The highest BCUT2D eigenvalue weighted by atomic mass is 14.5. The van der Waals surface area contributed by atoms with E-state index in [1.54, 1.807) is 0 Å². The zero-order valence-electron chi connectivity index (χ0n) is 11.9. The average molecular weight is 221 g/mol. The first kappa shape index (κ1) is 13.6. The predicted molar refractivity (Wildman–Crippen MR) is 68.7 cm³/mol. The molecule has 0 heterocycles. The van der Waals surface area contributed by atoms with Crippen molar-refractivity contribution in [1.29, 1.82) is 5.26 Å². The van der Waals surface area contributed by atoms with Crippen LogP contribution in [0.25, 0.3) is 0 Å². The molecule has 0 aromatic rings. The minimum atomic E-state index is -0.193. The Morgan fingerprint density at radius 1 is 0.750 bits per heavy atom. The zero-order chi connectivity index (χ0) is 12.7. The lowest BCUT2D eigenvalue weighted by molar-refractivity contribution is -0.0236. The second-order valence-corrected chi connectivity index (χ2v) is 6.65. The number of nitriles is 1. The highest BCUT2D eigenvalue weighted by Crippen LogP contribution is 2.51. The summed E-state index contributed by atoms with van der Waals surface area (Å²) >= 11 is 0. The summed E-state index contributed by atoms with van der Waals surface area (Å²) < 4.78 is 0. The molecule has 0 aromatic heterocycles. The second kappa shape index (κ2) is 4.40.